The topological polar surface area (TPSA) is 0 Å². The van der Waals surface area contributed by atoms with Gasteiger partial charge in [0.2, 0.25) is 0 Å². The molecule has 4 aromatic carbocycles. The molecule has 0 heterocycles. The first-order valence-electron chi connectivity index (χ1n) is 6.94. The summed E-state index contributed by atoms with van der Waals surface area (Å²) in [4.78, 5) is 0. The van der Waals surface area contributed by atoms with Crippen molar-refractivity contribution in [2.24, 2.45) is 0 Å². The van der Waals surface area contributed by atoms with Crippen LogP contribution >= 0.6 is 11.6 Å². The molecule has 0 nitrogen and oxygen atoms in total. The van der Waals surface area contributed by atoms with Crippen LogP contribution in [0.5, 0.6) is 0 Å². The standard InChI is InChI=1S/C20H13Cl/c1-13(21)19-12-15-11-10-14-6-2-3-7-16(14)20(15)18-9-5-4-8-17(18)19/h2-12H,1H2. The molecule has 4 aromatic rings. The molecule has 0 fully saturated rings. The van der Waals surface area contributed by atoms with Crippen LogP contribution in [0.2, 0.25) is 0 Å². The molecule has 0 N–H and O–H groups in total. The summed E-state index contributed by atoms with van der Waals surface area (Å²) in [7, 11) is 0. The summed E-state index contributed by atoms with van der Waals surface area (Å²) in [5.74, 6) is 0. The fourth-order valence-electron chi connectivity index (χ4n) is 3.10. The highest BCUT2D eigenvalue weighted by molar-refractivity contribution is 6.49. The summed E-state index contributed by atoms with van der Waals surface area (Å²) in [5.41, 5.74) is 1.01. The normalized spacial score (nSPS) is 11.3. The zero-order valence-corrected chi connectivity index (χ0v) is 12.2. The molecule has 0 saturated carbocycles. The maximum atomic E-state index is 6.21. The number of halogens is 1. The van der Waals surface area contributed by atoms with Gasteiger partial charge in [0.25, 0.3) is 0 Å². The lowest BCUT2D eigenvalue weighted by molar-refractivity contribution is 1.74. The van der Waals surface area contributed by atoms with E-state index in [4.69, 9.17) is 11.6 Å². The third kappa shape index (κ3) is 1.84. The van der Waals surface area contributed by atoms with E-state index >= 15 is 0 Å². The van der Waals surface area contributed by atoms with Gasteiger partial charge in [-0.25, -0.2) is 0 Å². The summed E-state index contributed by atoms with van der Waals surface area (Å²) in [6.45, 7) is 3.91. The van der Waals surface area contributed by atoms with Crippen molar-refractivity contribution in [3.63, 3.8) is 0 Å². The maximum Gasteiger partial charge on any atom is 0.0413 e. The molecule has 0 atom stereocenters. The van der Waals surface area contributed by atoms with Crippen molar-refractivity contribution < 1.29 is 0 Å². The molecule has 0 amide bonds. The molecular weight excluding hydrogens is 276 g/mol. The van der Waals surface area contributed by atoms with Gasteiger partial charge in [-0.15, -0.1) is 0 Å². The molecule has 4 rings (SSSR count). The van der Waals surface area contributed by atoms with Gasteiger partial charge in [-0.3, -0.25) is 0 Å². The molecule has 0 aliphatic heterocycles. The average Bonchev–Trinajstić information content (AvgIpc) is 2.53. The first kappa shape index (κ1) is 12.4. The molecule has 0 spiro atoms. The van der Waals surface area contributed by atoms with Gasteiger partial charge >= 0.3 is 0 Å². The largest absolute Gasteiger partial charge is 0.0843 e. The van der Waals surface area contributed by atoms with Crippen LogP contribution in [-0.2, 0) is 0 Å². The Morgan fingerprint density at radius 1 is 0.714 bits per heavy atom. The third-order valence-electron chi connectivity index (χ3n) is 4.04. The van der Waals surface area contributed by atoms with Crippen LogP contribution in [0, 0.1) is 0 Å². The number of hydrogen-bond acceptors (Lipinski definition) is 0. The molecule has 0 aromatic heterocycles. The van der Waals surface area contributed by atoms with Gasteiger partial charge in [-0.1, -0.05) is 78.8 Å². The van der Waals surface area contributed by atoms with Crippen molar-refractivity contribution in [2.45, 2.75) is 0 Å². The van der Waals surface area contributed by atoms with Crippen molar-refractivity contribution in [2.75, 3.05) is 0 Å². The van der Waals surface area contributed by atoms with E-state index in [1.165, 1.54) is 26.9 Å². The van der Waals surface area contributed by atoms with Crippen LogP contribution in [0.15, 0.2) is 73.3 Å². The first-order valence-corrected chi connectivity index (χ1v) is 7.31. The van der Waals surface area contributed by atoms with Gasteiger partial charge in [0.1, 0.15) is 0 Å². The highest BCUT2D eigenvalue weighted by Gasteiger charge is 2.10. The van der Waals surface area contributed by atoms with Crippen LogP contribution in [0.1, 0.15) is 5.56 Å². The minimum atomic E-state index is 0.584. The van der Waals surface area contributed by atoms with Crippen LogP contribution < -0.4 is 0 Å². The second kappa shape index (κ2) is 4.61. The Morgan fingerprint density at radius 3 is 2.10 bits per heavy atom. The van der Waals surface area contributed by atoms with E-state index in [9.17, 15) is 0 Å². The molecule has 1 heteroatoms. The number of hydrogen-bond donors (Lipinski definition) is 0. The lowest BCUT2D eigenvalue weighted by Gasteiger charge is -2.12. The fourth-order valence-corrected chi connectivity index (χ4v) is 3.26. The van der Waals surface area contributed by atoms with Crippen molar-refractivity contribution in [1.29, 1.82) is 0 Å². The Balaban J connectivity index is 2.34. The third-order valence-corrected chi connectivity index (χ3v) is 4.24. The Labute approximate surface area is 128 Å². The quantitative estimate of drug-likeness (QED) is 0.358. The lowest BCUT2D eigenvalue weighted by atomic mass is 9.93. The molecule has 21 heavy (non-hydrogen) atoms. The highest BCUT2D eigenvalue weighted by atomic mass is 35.5. The SMILES string of the molecule is C=C(Cl)c1cc2ccc3ccccc3c2c2ccccc12. The van der Waals surface area contributed by atoms with E-state index in [1.54, 1.807) is 0 Å². The second-order valence-electron chi connectivity index (χ2n) is 5.26. The number of benzene rings is 4. The van der Waals surface area contributed by atoms with Gasteiger partial charge in [-0.2, -0.15) is 0 Å². The van der Waals surface area contributed by atoms with Crippen LogP contribution in [0.4, 0.5) is 0 Å². The minimum Gasteiger partial charge on any atom is -0.0843 e. The zero-order chi connectivity index (χ0) is 14.4. The number of fused-ring (bicyclic) bond motifs is 5. The van der Waals surface area contributed by atoms with Crippen LogP contribution in [-0.4, -0.2) is 0 Å². The van der Waals surface area contributed by atoms with E-state index in [1.807, 2.05) is 6.07 Å². The van der Waals surface area contributed by atoms with Gasteiger partial charge in [0.15, 0.2) is 0 Å². The summed E-state index contributed by atoms with van der Waals surface area (Å²) in [6.07, 6.45) is 0. The summed E-state index contributed by atoms with van der Waals surface area (Å²) in [6, 6.07) is 23.3. The monoisotopic (exact) mass is 288 g/mol. The fraction of sp³-hybridized carbons (Fsp3) is 0. The highest BCUT2D eigenvalue weighted by Crippen LogP contribution is 2.36. The van der Waals surface area contributed by atoms with Crippen molar-refractivity contribution in [3.8, 4) is 0 Å². The smallest absolute Gasteiger partial charge is 0.0413 e. The molecule has 0 radical (unpaired) electrons. The Bertz CT molecular complexity index is 1010. The van der Waals surface area contributed by atoms with Crippen molar-refractivity contribution >= 4 is 49.0 Å². The maximum absolute atomic E-state index is 6.21. The average molecular weight is 289 g/mol. The van der Waals surface area contributed by atoms with E-state index in [0.717, 1.165) is 10.9 Å². The van der Waals surface area contributed by atoms with E-state index in [2.05, 4.69) is 67.2 Å². The Morgan fingerprint density at radius 2 is 1.33 bits per heavy atom. The molecule has 0 saturated heterocycles. The minimum absolute atomic E-state index is 0.584. The van der Waals surface area contributed by atoms with E-state index < -0.39 is 0 Å². The predicted molar refractivity (Wildman–Crippen MR) is 93.8 cm³/mol. The molecule has 100 valence electrons. The van der Waals surface area contributed by atoms with Gasteiger partial charge in [0, 0.05) is 10.6 Å². The molecular formula is C20H13Cl. The Kier molecular flexibility index (Phi) is 2.73. The van der Waals surface area contributed by atoms with Gasteiger partial charge in [-0.05, 0) is 38.4 Å². The summed E-state index contributed by atoms with van der Waals surface area (Å²) in [5, 5.41) is 7.98. The molecule has 0 aliphatic rings. The van der Waals surface area contributed by atoms with Gasteiger partial charge < -0.3 is 0 Å². The van der Waals surface area contributed by atoms with E-state index in [-0.39, 0.29) is 0 Å². The van der Waals surface area contributed by atoms with Crippen LogP contribution in [0.25, 0.3) is 37.3 Å². The molecule has 0 unspecified atom stereocenters. The van der Waals surface area contributed by atoms with E-state index in [0.29, 0.717) is 5.03 Å². The number of rotatable bonds is 1. The zero-order valence-electron chi connectivity index (χ0n) is 11.4. The second-order valence-corrected chi connectivity index (χ2v) is 5.72. The van der Waals surface area contributed by atoms with Crippen molar-refractivity contribution in [3.05, 3.63) is 78.9 Å². The summed E-state index contributed by atoms with van der Waals surface area (Å²) >= 11 is 6.21. The predicted octanol–water partition coefficient (Wildman–Crippen LogP) is 6.36. The lowest BCUT2D eigenvalue weighted by Crippen LogP contribution is -1.86. The Hall–Kier alpha value is -2.31. The summed E-state index contributed by atoms with van der Waals surface area (Å²) < 4.78 is 0. The van der Waals surface area contributed by atoms with Gasteiger partial charge in [0.05, 0.1) is 0 Å². The van der Waals surface area contributed by atoms with Crippen LogP contribution in [0.3, 0.4) is 0 Å². The molecule has 0 aliphatic carbocycles. The van der Waals surface area contributed by atoms with Crippen molar-refractivity contribution in [1.82, 2.24) is 0 Å². The first-order chi connectivity index (χ1) is 10.3. The molecule has 0 bridgehead atoms.